The molecule has 96 valence electrons. The van der Waals surface area contributed by atoms with Gasteiger partial charge in [0.05, 0.1) is 12.7 Å². The van der Waals surface area contributed by atoms with E-state index in [0.29, 0.717) is 6.42 Å². The normalized spacial score (nSPS) is 13.6. The average Bonchev–Trinajstić information content (AvgIpc) is 2.99. The number of fused-ring (bicyclic) bond motifs is 1. The molecule has 0 N–H and O–H groups in total. The molecule has 3 rings (SSSR count). The molecule has 0 fully saturated rings. The van der Waals surface area contributed by atoms with Crippen LogP contribution in [0.2, 0.25) is 0 Å². The second-order valence-corrected chi connectivity index (χ2v) is 6.14. The van der Waals surface area contributed by atoms with Crippen LogP contribution in [-0.4, -0.2) is 13.1 Å². The number of hydrogen-bond acceptors (Lipinski definition) is 3. The molecule has 0 saturated heterocycles. The van der Waals surface area contributed by atoms with Gasteiger partial charge in [0.2, 0.25) is 0 Å². The van der Waals surface area contributed by atoms with Crippen LogP contribution in [0.4, 0.5) is 0 Å². The lowest BCUT2D eigenvalue weighted by atomic mass is 10.0. The van der Waals surface area contributed by atoms with Crippen molar-refractivity contribution in [2.45, 2.75) is 6.42 Å². The Kier molecular flexibility index (Phi) is 3.29. The summed E-state index contributed by atoms with van der Waals surface area (Å²) >= 11 is 5.10. The molecule has 0 unspecified atom stereocenters. The summed E-state index contributed by atoms with van der Waals surface area (Å²) in [5.74, 6) is -0.235. The third-order valence-electron chi connectivity index (χ3n) is 3.21. The molecule has 19 heavy (non-hydrogen) atoms. The van der Waals surface area contributed by atoms with Gasteiger partial charge in [-0.1, -0.05) is 28.1 Å². The average molecular weight is 335 g/mol. The number of methoxy groups -OCH3 is 1. The lowest BCUT2D eigenvalue weighted by Crippen LogP contribution is -2.06. The largest absolute Gasteiger partial charge is 0.466 e. The highest BCUT2D eigenvalue weighted by molar-refractivity contribution is 9.10. The van der Waals surface area contributed by atoms with E-state index in [2.05, 4.69) is 27.4 Å². The summed E-state index contributed by atoms with van der Waals surface area (Å²) in [6.07, 6.45) is 0.664. The second-order valence-electron chi connectivity index (χ2n) is 4.30. The van der Waals surface area contributed by atoms with Gasteiger partial charge >= 0.3 is 5.97 Å². The SMILES string of the molecule is COC(=O)C1=C(c2ccc(Br)cc2)c2sccc2C1. The van der Waals surface area contributed by atoms with Crippen LogP contribution in [0, 0.1) is 0 Å². The first kappa shape index (κ1) is 12.6. The van der Waals surface area contributed by atoms with E-state index in [4.69, 9.17) is 4.74 Å². The summed E-state index contributed by atoms with van der Waals surface area (Å²) in [7, 11) is 1.43. The van der Waals surface area contributed by atoms with E-state index in [1.165, 1.54) is 17.6 Å². The Morgan fingerprint density at radius 2 is 2.00 bits per heavy atom. The standard InChI is InChI=1S/C15H11BrO2S/c1-18-15(17)12-8-10-6-7-19-14(10)13(12)9-2-4-11(16)5-3-9/h2-7H,8H2,1H3. The van der Waals surface area contributed by atoms with E-state index in [-0.39, 0.29) is 5.97 Å². The van der Waals surface area contributed by atoms with Gasteiger partial charge in [0, 0.05) is 21.3 Å². The molecule has 0 atom stereocenters. The van der Waals surface area contributed by atoms with Crippen molar-refractivity contribution in [1.29, 1.82) is 0 Å². The number of carbonyl (C=O) groups is 1. The van der Waals surface area contributed by atoms with Crippen LogP contribution in [0.5, 0.6) is 0 Å². The smallest absolute Gasteiger partial charge is 0.334 e. The van der Waals surface area contributed by atoms with Crippen molar-refractivity contribution in [3.8, 4) is 0 Å². The van der Waals surface area contributed by atoms with Crippen LogP contribution in [-0.2, 0) is 16.0 Å². The Balaban J connectivity index is 2.17. The first-order chi connectivity index (χ1) is 9.20. The number of rotatable bonds is 2. The van der Waals surface area contributed by atoms with Gasteiger partial charge in [-0.15, -0.1) is 11.3 Å². The molecule has 2 nitrogen and oxygen atoms in total. The van der Waals surface area contributed by atoms with E-state index in [0.717, 1.165) is 21.2 Å². The molecular weight excluding hydrogens is 324 g/mol. The molecule has 1 aromatic heterocycles. The summed E-state index contributed by atoms with van der Waals surface area (Å²) in [6, 6.07) is 10.1. The van der Waals surface area contributed by atoms with Crippen LogP contribution >= 0.6 is 27.3 Å². The molecule has 1 aliphatic rings. The minimum Gasteiger partial charge on any atom is -0.466 e. The molecule has 0 spiro atoms. The summed E-state index contributed by atoms with van der Waals surface area (Å²) < 4.78 is 5.94. The van der Waals surface area contributed by atoms with Crippen LogP contribution < -0.4 is 0 Å². The number of hydrogen-bond donors (Lipinski definition) is 0. The van der Waals surface area contributed by atoms with Crippen molar-refractivity contribution >= 4 is 38.8 Å². The van der Waals surface area contributed by atoms with Gasteiger partial charge < -0.3 is 4.74 Å². The first-order valence-corrected chi connectivity index (χ1v) is 7.52. The topological polar surface area (TPSA) is 26.3 Å². The second kappa shape index (κ2) is 4.94. The van der Waals surface area contributed by atoms with Gasteiger partial charge in [-0.25, -0.2) is 4.79 Å². The number of thiophene rings is 1. The third-order valence-corrected chi connectivity index (χ3v) is 4.71. The van der Waals surface area contributed by atoms with E-state index in [9.17, 15) is 4.79 Å². The number of benzene rings is 1. The first-order valence-electron chi connectivity index (χ1n) is 5.85. The van der Waals surface area contributed by atoms with Crippen LogP contribution in [0.15, 0.2) is 45.8 Å². The summed E-state index contributed by atoms with van der Waals surface area (Å²) in [6.45, 7) is 0. The van der Waals surface area contributed by atoms with Crippen LogP contribution in [0.25, 0.3) is 5.57 Å². The van der Waals surface area contributed by atoms with Crippen LogP contribution in [0.1, 0.15) is 16.0 Å². The highest BCUT2D eigenvalue weighted by Crippen LogP contribution is 2.41. The molecule has 1 aromatic carbocycles. The van der Waals surface area contributed by atoms with Gasteiger partial charge in [-0.3, -0.25) is 0 Å². The number of halogens is 1. The molecule has 1 aliphatic carbocycles. The maximum atomic E-state index is 11.9. The Morgan fingerprint density at radius 1 is 1.26 bits per heavy atom. The minimum absolute atomic E-state index is 0.235. The molecule has 2 aromatic rings. The quantitative estimate of drug-likeness (QED) is 0.774. The highest BCUT2D eigenvalue weighted by atomic mass is 79.9. The number of esters is 1. The Bertz CT molecular complexity index is 668. The van der Waals surface area contributed by atoms with Gasteiger partial charge in [0.15, 0.2) is 0 Å². The Labute approximate surface area is 123 Å². The molecule has 0 amide bonds. The fourth-order valence-electron chi connectivity index (χ4n) is 2.33. The highest BCUT2D eigenvalue weighted by Gasteiger charge is 2.28. The maximum absolute atomic E-state index is 11.9. The predicted octanol–water partition coefficient (Wildman–Crippen LogP) is 4.04. The Morgan fingerprint density at radius 3 is 2.68 bits per heavy atom. The van der Waals surface area contributed by atoms with Gasteiger partial charge in [0.1, 0.15) is 0 Å². The molecule has 0 saturated carbocycles. The number of ether oxygens (including phenoxy) is 1. The van der Waals surface area contributed by atoms with Gasteiger partial charge in [-0.2, -0.15) is 0 Å². The molecule has 1 heterocycles. The molecule has 0 radical (unpaired) electrons. The molecule has 0 aliphatic heterocycles. The third kappa shape index (κ3) is 2.15. The lowest BCUT2D eigenvalue weighted by Gasteiger charge is -2.07. The molecular formula is C15H11BrO2S. The zero-order valence-corrected chi connectivity index (χ0v) is 12.7. The van der Waals surface area contributed by atoms with Gasteiger partial charge in [-0.05, 0) is 34.7 Å². The van der Waals surface area contributed by atoms with Crippen LogP contribution in [0.3, 0.4) is 0 Å². The van der Waals surface area contributed by atoms with Crippen molar-refractivity contribution in [1.82, 2.24) is 0 Å². The predicted molar refractivity (Wildman–Crippen MR) is 80.2 cm³/mol. The fourth-order valence-corrected chi connectivity index (χ4v) is 3.61. The van der Waals surface area contributed by atoms with Crippen molar-refractivity contribution in [2.24, 2.45) is 0 Å². The maximum Gasteiger partial charge on any atom is 0.334 e. The van der Waals surface area contributed by atoms with E-state index in [1.54, 1.807) is 11.3 Å². The minimum atomic E-state index is -0.235. The summed E-state index contributed by atoms with van der Waals surface area (Å²) in [4.78, 5) is 13.1. The zero-order chi connectivity index (χ0) is 13.4. The zero-order valence-electron chi connectivity index (χ0n) is 10.3. The monoisotopic (exact) mass is 334 g/mol. The van der Waals surface area contributed by atoms with Gasteiger partial charge in [0.25, 0.3) is 0 Å². The fraction of sp³-hybridized carbons (Fsp3) is 0.133. The van der Waals surface area contributed by atoms with E-state index < -0.39 is 0 Å². The van der Waals surface area contributed by atoms with Crippen molar-refractivity contribution in [2.75, 3.05) is 7.11 Å². The lowest BCUT2D eigenvalue weighted by molar-refractivity contribution is -0.136. The summed E-state index contributed by atoms with van der Waals surface area (Å²) in [5.41, 5.74) is 4.05. The van der Waals surface area contributed by atoms with E-state index in [1.807, 2.05) is 24.3 Å². The van der Waals surface area contributed by atoms with Crippen molar-refractivity contribution in [3.05, 3.63) is 61.8 Å². The van der Waals surface area contributed by atoms with Crippen molar-refractivity contribution in [3.63, 3.8) is 0 Å². The van der Waals surface area contributed by atoms with Crippen molar-refractivity contribution < 1.29 is 9.53 Å². The molecule has 0 bridgehead atoms. The number of carbonyl (C=O) groups excluding carboxylic acids is 1. The van der Waals surface area contributed by atoms with E-state index >= 15 is 0 Å². The summed E-state index contributed by atoms with van der Waals surface area (Å²) in [5, 5.41) is 2.07. The Hall–Kier alpha value is -1.39. The molecule has 4 heteroatoms.